The Morgan fingerprint density at radius 3 is 2.48 bits per heavy atom. The molecule has 2 aromatic carbocycles. The molecule has 0 saturated heterocycles. The molecule has 0 radical (unpaired) electrons. The number of aromatic hydroxyl groups is 1. The maximum atomic E-state index is 11.4. The lowest BCUT2D eigenvalue weighted by Gasteiger charge is -2.14. The first-order valence-corrected chi connectivity index (χ1v) is 9.38. The van der Waals surface area contributed by atoms with Crippen molar-refractivity contribution in [3.05, 3.63) is 48.0 Å². The second-order valence-electron chi connectivity index (χ2n) is 5.49. The number of benzene rings is 2. The summed E-state index contributed by atoms with van der Waals surface area (Å²) in [6.45, 7) is 0.977. The van der Waals surface area contributed by atoms with E-state index >= 15 is 0 Å². The number of rotatable bonds is 9. The number of hydrogen-bond acceptors (Lipinski definition) is 7. The molecule has 10 heteroatoms. The summed E-state index contributed by atoms with van der Waals surface area (Å²) in [5.41, 5.74) is 0.324. The molecular weight excluding hydrogens is 396 g/mol. The third-order valence-electron chi connectivity index (χ3n) is 3.62. The number of nitrogens with two attached hydrogens (primary N) is 1. The Morgan fingerprint density at radius 1 is 1.19 bits per heavy atom. The average Bonchev–Trinajstić information content (AvgIpc) is 2.61. The van der Waals surface area contributed by atoms with Crippen LogP contribution in [0.3, 0.4) is 0 Å². The van der Waals surface area contributed by atoms with Gasteiger partial charge in [0.2, 0.25) is 10.0 Å². The first-order chi connectivity index (χ1) is 12.3. The Kier molecular flexibility index (Phi) is 8.80. The van der Waals surface area contributed by atoms with Crippen molar-refractivity contribution in [1.82, 2.24) is 5.32 Å². The molecule has 150 valence electrons. The molecule has 8 nitrogen and oxygen atoms in total. The number of phenolic OH excluding ortho intramolecular Hbond substituents is 1. The monoisotopic (exact) mass is 418 g/mol. The first-order valence-electron chi connectivity index (χ1n) is 7.83. The van der Waals surface area contributed by atoms with Gasteiger partial charge < -0.3 is 25.0 Å². The van der Waals surface area contributed by atoms with Crippen molar-refractivity contribution < 1.29 is 28.1 Å². The van der Waals surface area contributed by atoms with Gasteiger partial charge in [0, 0.05) is 13.1 Å². The molecule has 0 bridgehead atoms. The van der Waals surface area contributed by atoms with Crippen LogP contribution in [0.15, 0.2) is 47.4 Å². The van der Waals surface area contributed by atoms with E-state index in [0.717, 1.165) is 6.07 Å². The quantitative estimate of drug-likeness (QED) is 0.449. The van der Waals surface area contributed by atoms with Gasteiger partial charge in [-0.25, -0.2) is 13.6 Å². The summed E-state index contributed by atoms with van der Waals surface area (Å²) in [5, 5.41) is 27.8. The molecule has 0 heterocycles. The number of nitrogens with one attached hydrogen (secondary N) is 1. The summed E-state index contributed by atoms with van der Waals surface area (Å²) in [5.74, 6) is 0.794. The third-order valence-corrected chi connectivity index (χ3v) is 4.56. The second kappa shape index (κ2) is 10.3. The first kappa shape index (κ1) is 23.0. The molecule has 0 aliphatic rings. The van der Waals surface area contributed by atoms with Crippen LogP contribution < -0.4 is 19.9 Å². The molecule has 0 aliphatic heterocycles. The second-order valence-corrected chi connectivity index (χ2v) is 7.02. The molecule has 2 rings (SSSR count). The number of para-hydroxylation sites is 2. The van der Waals surface area contributed by atoms with Crippen LogP contribution in [0.4, 0.5) is 0 Å². The number of aliphatic hydroxyl groups is 1. The van der Waals surface area contributed by atoms with Gasteiger partial charge in [0.1, 0.15) is 17.3 Å². The Labute approximate surface area is 164 Å². The fourth-order valence-corrected chi connectivity index (χ4v) is 2.95. The van der Waals surface area contributed by atoms with E-state index in [-0.39, 0.29) is 19.0 Å². The van der Waals surface area contributed by atoms with Crippen LogP contribution in [0, 0.1) is 0 Å². The minimum atomic E-state index is -4.07. The summed E-state index contributed by atoms with van der Waals surface area (Å²) < 4.78 is 33.6. The minimum absolute atomic E-state index is 0. The summed E-state index contributed by atoms with van der Waals surface area (Å²) in [7, 11) is -2.51. The van der Waals surface area contributed by atoms with Gasteiger partial charge in [-0.3, -0.25) is 0 Å². The number of ether oxygens (including phenoxy) is 2. The number of phenols is 1. The molecule has 0 spiro atoms. The maximum absolute atomic E-state index is 11.4. The largest absolute Gasteiger partial charge is 0.507 e. The van der Waals surface area contributed by atoms with Gasteiger partial charge in [0.25, 0.3) is 0 Å². The highest BCUT2D eigenvalue weighted by atomic mass is 35.5. The number of halogens is 1. The zero-order valence-electron chi connectivity index (χ0n) is 14.7. The lowest BCUT2D eigenvalue weighted by atomic mass is 10.1. The van der Waals surface area contributed by atoms with Crippen LogP contribution in [-0.2, 0) is 10.0 Å². The topological polar surface area (TPSA) is 131 Å². The molecule has 1 unspecified atom stereocenters. The fourth-order valence-electron chi connectivity index (χ4n) is 2.29. The molecule has 0 aromatic heterocycles. The van der Waals surface area contributed by atoms with E-state index in [1.54, 1.807) is 19.2 Å². The SMILES string of the molecule is COc1ccccc1OCCNCC(O)c1ccc(O)c(S(N)(=O)=O)c1.Cl. The van der Waals surface area contributed by atoms with Crippen LogP contribution in [0.2, 0.25) is 0 Å². The fraction of sp³-hybridized carbons (Fsp3) is 0.294. The predicted molar refractivity (Wildman–Crippen MR) is 103 cm³/mol. The van der Waals surface area contributed by atoms with Crippen LogP contribution in [0.5, 0.6) is 17.2 Å². The van der Waals surface area contributed by atoms with E-state index in [1.165, 1.54) is 12.1 Å². The standard InChI is InChI=1S/C17H22N2O6S.ClH/c1-24-15-4-2-3-5-16(15)25-9-8-19-11-14(21)12-6-7-13(20)17(10-12)26(18,22)23;/h2-7,10,14,19-21H,8-9,11H2,1H3,(H2,18,22,23);1H. The molecule has 0 saturated carbocycles. The number of sulfonamides is 1. The number of aliphatic hydroxyl groups excluding tert-OH is 1. The highest BCUT2D eigenvalue weighted by Crippen LogP contribution is 2.26. The van der Waals surface area contributed by atoms with Gasteiger partial charge in [-0.2, -0.15) is 0 Å². The van der Waals surface area contributed by atoms with Gasteiger partial charge in [-0.15, -0.1) is 12.4 Å². The third kappa shape index (κ3) is 6.56. The minimum Gasteiger partial charge on any atom is -0.507 e. The Balaban J connectivity index is 0.00000364. The van der Waals surface area contributed by atoms with Gasteiger partial charge in [0.15, 0.2) is 11.5 Å². The van der Waals surface area contributed by atoms with Crippen LogP contribution in [0.1, 0.15) is 11.7 Å². The lowest BCUT2D eigenvalue weighted by Crippen LogP contribution is -2.26. The zero-order chi connectivity index (χ0) is 19.2. The van der Waals surface area contributed by atoms with Crippen LogP contribution in [-0.4, -0.2) is 45.4 Å². The Bertz CT molecular complexity index is 847. The molecule has 27 heavy (non-hydrogen) atoms. The van der Waals surface area contributed by atoms with E-state index in [4.69, 9.17) is 14.6 Å². The smallest absolute Gasteiger partial charge is 0.241 e. The van der Waals surface area contributed by atoms with Crippen molar-refractivity contribution in [2.45, 2.75) is 11.0 Å². The van der Waals surface area contributed by atoms with E-state index in [0.29, 0.717) is 30.2 Å². The van der Waals surface area contributed by atoms with Crippen LogP contribution in [0.25, 0.3) is 0 Å². The number of hydrogen-bond donors (Lipinski definition) is 4. The van der Waals surface area contributed by atoms with Gasteiger partial charge >= 0.3 is 0 Å². The van der Waals surface area contributed by atoms with Crippen molar-refractivity contribution in [2.24, 2.45) is 5.14 Å². The average molecular weight is 419 g/mol. The van der Waals surface area contributed by atoms with E-state index in [2.05, 4.69) is 5.32 Å². The molecular formula is C17H23ClN2O6S. The van der Waals surface area contributed by atoms with Crippen molar-refractivity contribution in [2.75, 3.05) is 26.8 Å². The molecule has 0 aliphatic carbocycles. The van der Waals surface area contributed by atoms with E-state index < -0.39 is 26.8 Å². The highest BCUT2D eigenvalue weighted by Gasteiger charge is 2.17. The predicted octanol–water partition coefficient (Wildman–Crippen LogP) is 1.17. The molecule has 0 fully saturated rings. The lowest BCUT2D eigenvalue weighted by molar-refractivity contribution is 0.171. The van der Waals surface area contributed by atoms with Crippen molar-refractivity contribution in [3.63, 3.8) is 0 Å². The highest BCUT2D eigenvalue weighted by molar-refractivity contribution is 7.89. The normalized spacial score (nSPS) is 12.1. The zero-order valence-corrected chi connectivity index (χ0v) is 16.3. The van der Waals surface area contributed by atoms with Crippen LogP contribution >= 0.6 is 12.4 Å². The summed E-state index contributed by atoms with van der Waals surface area (Å²) >= 11 is 0. The molecule has 1 atom stereocenters. The summed E-state index contributed by atoms with van der Waals surface area (Å²) in [6.07, 6.45) is -0.970. The van der Waals surface area contributed by atoms with Gasteiger partial charge in [0.05, 0.1) is 13.2 Å². The maximum Gasteiger partial charge on any atom is 0.241 e. The van der Waals surface area contributed by atoms with Gasteiger partial charge in [-0.05, 0) is 29.8 Å². The summed E-state index contributed by atoms with van der Waals surface area (Å²) in [4.78, 5) is -0.423. The van der Waals surface area contributed by atoms with Crippen molar-refractivity contribution in [3.8, 4) is 17.2 Å². The number of methoxy groups -OCH3 is 1. The van der Waals surface area contributed by atoms with Crippen molar-refractivity contribution >= 4 is 22.4 Å². The number of primary sulfonamides is 1. The summed E-state index contributed by atoms with van der Waals surface area (Å²) in [6, 6.07) is 11.0. The van der Waals surface area contributed by atoms with Crippen molar-refractivity contribution in [1.29, 1.82) is 0 Å². The molecule has 5 N–H and O–H groups in total. The molecule has 2 aromatic rings. The molecule has 0 amide bonds. The van der Waals surface area contributed by atoms with E-state index in [1.807, 2.05) is 12.1 Å². The Hall–Kier alpha value is -2.04. The van der Waals surface area contributed by atoms with Gasteiger partial charge in [-0.1, -0.05) is 18.2 Å². The van der Waals surface area contributed by atoms with E-state index in [9.17, 15) is 18.6 Å². The Morgan fingerprint density at radius 2 is 1.85 bits per heavy atom.